The topological polar surface area (TPSA) is 17.1 Å². The molecule has 0 atom stereocenters. The number of rotatable bonds is 1. The Morgan fingerprint density at radius 1 is 1.80 bits per heavy atom. The van der Waals surface area contributed by atoms with Gasteiger partial charge in [0.05, 0.1) is 0 Å². The third-order valence-corrected chi connectivity index (χ3v) is 0.271. The number of allylic oxidation sites excluding steroid dienone is 1. The Hall–Kier alpha value is -0.395. The van der Waals surface area contributed by atoms with Gasteiger partial charge in [-0.15, -0.1) is 0 Å². The van der Waals surface area contributed by atoms with Crippen LogP contribution >= 0.6 is 0 Å². The van der Waals surface area contributed by atoms with E-state index in [4.69, 9.17) is 0 Å². The molecule has 0 fully saturated rings. The fourth-order valence-electron chi connectivity index (χ4n) is 0.0786. The molecule has 0 saturated carbocycles. The molecule has 26 valence electrons. The van der Waals surface area contributed by atoms with E-state index in [0.717, 1.165) is 7.15 Å². The molecule has 0 aliphatic carbocycles. The van der Waals surface area contributed by atoms with E-state index in [2.05, 4.69) is 0 Å². The van der Waals surface area contributed by atoms with E-state index in [0.29, 0.717) is 0 Å². The molecule has 0 radical (unpaired) electrons. The second-order valence-corrected chi connectivity index (χ2v) is 0.662. The van der Waals surface area contributed by atoms with Gasteiger partial charge in [0.25, 0.3) is 0 Å². The van der Waals surface area contributed by atoms with Crippen molar-refractivity contribution in [2.45, 2.75) is 6.92 Å². The zero-order valence-corrected chi connectivity index (χ0v) is 3.14. The molecule has 0 heterocycles. The second kappa shape index (κ2) is 3.60. The van der Waals surface area contributed by atoms with Crippen LogP contribution in [0.15, 0.2) is 12.1 Å². The van der Waals surface area contributed by atoms with Crippen molar-refractivity contribution >= 4 is 7.15 Å². The van der Waals surface area contributed by atoms with Gasteiger partial charge in [0, 0.05) is 0 Å². The zero-order valence-electron chi connectivity index (χ0n) is 3.14. The summed E-state index contributed by atoms with van der Waals surface area (Å²) >= 11 is 0. The van der Waals surface area contributed by atoms with Gasteiger partial charge in [-0.25, -0.2) is 0 Å². The predicted molar refractivity (Wildman–Crippen MR) is 21.3 cm³/mol. The van der Waals surface area contributed by atoms with Crippen LogP contribution in [0, 0.1) is 0 Å². The Morgan fingerprint density at radius 2 is 2.40 bits per heavy atom. The minimum atomic E-state index is 0.750. The fourth-order valence-corrected chi connectivity index (χ4v) is 0.0786. The molecular weight excluding hydrogens is 62.8 g/mol. The van der Waals surface area contributed by atoms with Gasteiger partial charge in [-0.2, -0.15) is 0 Å². The summed E-state index contributed by atoms with van der Waals surface area (Å²) < 4.78 is 9.32. The van der Waals surface area contributed by atoms with Crippen LogP contribution in [0.2, 0.25) is 0 Å². The van der Waals surface area contributed by atoms with Gasteiger partial charge in [0.15, 0.2) is 0 Å². The summed E-state index contributed by atoms with van der Waals surface area (Å²) in [6, 6.07) is 0. The summed E-state index contributed by atoms with van der Waals surface area (Å²) in [6.45, 7) is 1.80. The van der Waals surface area contributed by atoms with E-state index in [9.17, 15) is 4.70 Å². The molecule has 0 aromatic heterocycles. The zero-order chi connectivity index (χ0) is 4.12. The monoisotopic (exact) mass is 68.0 g/mol. The summed E-state index contributed by atoms with van der Waals surface area (Å²) in [5.74, 6) is 1.44. The van der Waals surface area contributed by atoms with Crippen LogP contribution in [0.4, 0.5) is 0 Å². The van der Waals surface area contributed by atoms with Crippen molar-refractivity contribution in [1.82, 2.24) is 0 Å². The third kappa shape index (κ3) is 3.60. The van der Waals surface area contributed by atoms with E-state index in [1.165, 1.54) is 5.98 Å². The molecule has 0 spiro atoms. The van der Waals surface area contributed by atoms with Crippen molar-refractivity contribution < 1.29 is 4.70 Å². The molecule has 2 heteroatoms. The minimum absolute atomic E-state index is 0.750. The van der Waals surface area contributed by atoms with E-state index in [1.54, 1.807) is 13.0 Å². The Bertz CT molecular complexity index is 48.9. The number of hydrogen-bond acceptors (Lipinski definition) is 1. The first-order chi connectivity index (χ1) is 2.41. The van der Waals surface area contributed by atoms with E-state index in [1.807, 2.05) is 0 Å². The van der Waals surface area contributed by atoms with Crippen LogP contribution in [-0.2, 0) is 4.70 Å². The molecule has 0 aromatic rings. The number of hydrogen-bond donors (Lipinski definition) is 0. The summed E-state index contributed by atoms with van der Waals surface area (Å²) in [4.78, 5) is 0. The Morgan fingerprint density at radius 3 is 2.40 bits per heavy atom. The SMILES string of the molecule is CC=CB=O. The maximum atomic E-state index is 9.32. The Balaban J connectivity index is 2.92. The van der Waals surface area contributed by atoms with Crippen LogP contribution in [0.25, 0.3) is 0 Å². The summed E-state index contributed by atoms with van der Waals surface area (Å²) in [5, 5.41) is 0. The van der Waals surface area contributed by atoms with E-state index < -0.39 is 0 Å². The average Bonchev–Trinajstić information content (AvgIpc) is 1.41. The van der Waals surface area contributed by atoms with Crippen molar-refractivity contribution in [2.75, 3.05) is 0 Å². The molecule has 1 nitrogen and oxygen atoms in total. The molecule has 0 saturated heterocycles. The van der Waals surface area contributed by atoms with Crippen LogP contribution in [0.5, 0.6) is 0 Å². The Kier molecular flexibility index (Phi) is 3.32. The molecule has 0 aliphatic rings. The molecule has 0 N–H and O–H groups in total. The first-order valence-electron chi connectivity index (χ1n) is 1.48. The molecule has 0 rings (SSSR count). The maximum absolute atomic E-state index is 9.32. The van der Waals surface area contributed by atoms with Gasteiger partial charge < -0.3 is 0 Å². The molecule has 5 heavy (non-hydrogen) atoms. The van der Waals surface area contributed by atoms with Crippen molar-refractivity contribution in [3.8, 4) is 0 Å². The van der Waals surface area contributed by atoms with Crippen molar-refractivity contribution in [3.05, 3.63) is 12.1 Å². The van der Waals surface area contributed by atoms with Crippen molar-refractivity contribution in [2.24, 2.45) is 0 Å². The average molecular weight is 67.9 g/mol. The molecule has 0 amide bonds. The molecule has 0 aromatic carbocycles. The van der Waals surface area contributed by atoms with Crippen LogP contribution in [-0.4, -0.2) is 7.15 Å². The van der Waals surface area contributed by atoms with Gasteiger partial charge >= 0.3 is 30.8 Å². The third-order valence-electron chi connectivity index (χ3n) is 0.271. The predicted octanol–water partition coefficient (Wildman–Crippen LogP) is 0.570. The van der Waals surface area contributed by atoms with Crippen molar-refractivity contribution in [3.63, 3.8) is 0 Å². The van der Waals surface area contributed by atoms with E-state index >= 15 is 0 Å². The van der Waals surface area contributed by atoms with Gasteiger partial charge in [0.2, 0.25) is 0 Å². The van der Waals surface area contributed by atoms with Crippen LogP contribution in [0.1, 0.15) is 6.92 Å². The van der Waals surface area contributed by atoms with Gasteiger partial charge in [-0.05, 0) is 0 Å². The molecule has 0 aliphatic heterocycles. The molecular formula is C3H5BO. The summed E-state index contributed by atoms with van der Waals surface area (Å²) in [7, 11) is 0.750. The molecule has 0 unspecified atom stereocenters. The second-order valence-electron chi connectivity index (χ2n) is 0.662. The molecule has 0 bridgehead atoms. The van der Waals surface area contributed by atoms with Crippen LogP contribution in [0.3, 0.4) is 0 Å². The van der Waals surface area contributed by atoms with Crippen LogP contribution < -0.4 is 0 Å². The first-order valence-corrected chi connectivity index (χ1v) is 1.48. The standard InChI is InChI=1S/C3H5BO/c1-2-3-4-5/h2-3H,1H3. The quantitative estimate of drug-likeness (QED) is 0.410. The summed E-state index contributed by atoms with van der Waals surface area (Å²) in [5.41, 5.74) is 0. The van der Waals surface area contributed by atoms with E-state index in [-0.39, 0.29) is 0 Å². The van der Waals surface area contributed by atoms with Crippen molar-refractivity contribution in [1.29, 1.82) is 0 Å². The summed E-state index contributed by atoms with van der Waals surface area (Å²) in [6.07, 6.45) is 1.69. The van der Waals surface area contributed by atoms with Gasteiger partial charge in [-0.1, -0.05) is 0 Å². The van der Waals surface area contributed by atoms with Gasteiger partial charge in [-0.3, -0.25) is 0 Å². The normalized spacial score (nSPS) is 8.20. The van der Waals surface area contributed by atoms with Gasteiger partial charge in [0.1, 0.15) is 0 Å². The first kappa shape index (κ1) is 4.60. The Labute approximate surface area is 31.9 Å². The fraction of sp³-hybridized carbons (Fsp3) is 0.333.